The zero-order valence-corrected chi connectivity index (χ0v) is 8.30. The van der Waals surface area contributed by atoms with Gasteiger partial charge < -0.3 is 0 Å². The molecule has 0 spiro atoms. The molecule has 1 rings (SSSR count). The van der Waals surface area contributed by atoms with Crippen molar-refractivity contribution in [3.05, 3.63) is 30.6 Å². The van der Waals surface area contributed by atoms with Crippen molar-refractivity contribution in [3.63, 3.8) is 0 Å². The van der Waals surface area contributed by atoms with Crippen LogP contribution in [0.4, 0.5) is 0 Å². The Bertz CT molecular complexity index is 337. The summed E-state index contributed by atoms with van der Waals surface area (Å²) in [7, 11) is 0. The van der Waals surface area contributed by atoms with Gasteiger partial charge in [0, 0.05) is 6.20 Å². The van der Waals surface area contributed by atoms with Crippen LogP contribution < -0.4 is 0 Å². The minimum absolute atomic E-state index is 1.05. The summed E-state index contributed by atoms with van der Waals surface area (Å²) in [6.45, 7) is 11.7. The molecule has 0 saturated carbocycles. The first-order chi connectivity index (χ1) is 6.24. The summed E-state index contributed by atoms with van der Waals surface area (Å²) in [5.74, 6) is 0. The summed E-state index contributed by atoms with van der Waals surface area (Å²) in [5.41, 5.74) is 3.50. The summed E-state index contributed by atoms with van der Waals surface area (Å²) in [6.07, 6.45) is 6.81. The normalized spacial score (nSPS) is 11.7. The molecular formula is C11H16N2. The average Bonchev–Trinajstić information content (AvgIpc) is 2.04. The van der Waals surface area contributed by atoms with Gasteiger partial charge in [0.15, 0.2) is 0 Å². The van der Waals surface area contributed by atoms with Gasteiger partial charge in [0.05, 0.1) is 11.4 Å². The lowest BCUT2D eigenvalue weighted by Gasteiger charge is -2.18. The van der Waals surface area contributed by atoms with Gasteiger partial charge in [-0.3, -0.25) is 9.78 Å². The number of aromatic nitrogens is 2. The van der Waals surface area contributed by atoms with Gasteiger partial charge >= 0.3 is 0 Å². The Morgan fingerprint density at radius 2 is 2.23 bits per heavy atom. The van der Waals surface area contributed by atoms with Gasteiger partial charge in [-0.25, -0.2) is 0 Å². The van der Waals surface area contributed by atoms with E-state index in [-0.39, 0.29) is 0 Å². The Hall–Kier alpha value is -1.44. The van der Waals surface area contributed by atoms with E-state index in [1.165, 1.54) is 5.57 Å². The minimum atomic E-state index is 1.05. The number of allylic oxidation sites excluding steroid dienone is 2. The van der Waals surface area contributed by atoms with Crippen LogP contribution in [0.5, 0.6) is 0 Å². The van der Waals surface area contributed by atoms with E-state index in [0.717, 1.165) is 17.8 Å². The fraction of sp³-hybridized carbons (Fsp3) is 0.273. The molecule has 0 unspecified atom stereocenters. The Labute approximate surface area is 79.2 Å². The number of nitrogens with one attached hydrogen (secondary N) is 1. The standard InChI is InChI=1S/C11H16N2/c1-5-8-9(4)11-10(6-2)13(7-3)12-11/h6-8,12H,2-3,5H2,1,4H3/b9-8+. The zero-order valence-electron chi connectivity index (χ0n) is 8.30. The van der Waals surface area contributed by atoms with Gasteiger partial charge in [0.2, 0.25) is 0 Å². The smallest absolute Gasteiger partial charge is 0.0869 e. The molecule has 0 aliphatic carbocycles. The fourth-order valence-corrected chi connectivity index (χ4v) is 1.35. The molecule has 70 valence electrons. The lowest BCUT2D eigenvalue weighted by molar-refractivity contribution is 0.797. The Morgan fingerprint density at radius 3 is 2.69 bits per heavy atom. The van der Waals surface area contributed by atoms with Crippen LogP contribution >= 0.6 is 0 Å². The molecule has 0 bridgehead atoms. The summed E-state index contributed by atoms with van der Waals surface area (Å²) >= 11 is 0. The van der Waals surface area contributed by atoms with Gasteiger partial charge in [-0.05, 0) is 25.0 Å². The van der Waals surface area contributed by atoms with Gasteiger partial charge in [-0.2, -0.15) is 0 Å². The largest absolute Gasteiger partial charge is 0.292 e. The highest BCUT2D eigenvalue weighted by Crippen LogP contribution is 2.20. The number of H-pyrrole nitrogens is 1. The maximum absolute atomic E-state index is 3.76. The van der Waals surface area contributed by atoms with Gasteiger partial charge in [0.1, 0.15) is 0 Å². The topological polar surface area (TPSA) is 20.7 Å². The van der Waals surface area contributed by atoms with Crippen molar-refractivity contribution in [2.75, 3.05) is 0 Å². The van der Waals surface area contributed by atoms with E-state index in [4.69, 9.17) is 0 Å². The monoisotopic (exact) mass is 176 g/mol. The van der Waals surface area contributed by atoms with Crippen molar-refractivity contribution in [2.45, 2.75) is 20.3 Å². The van der Waals surface area contributed by atoms with Crippen molar-refractivity contribution in [2.24, 2.45) is 0 Å². The molecule has 2 heteroatoms. The Balaban J connectivity index is 2.98. The molecule has 1 N–H and O–H groups in total. The third-order valence-electron chi connectivity index (χ3n) is 2.03. The first kappa shape index (κ1) is 9.65. The highest BCUT2D eigenvalue weighted by molar-refractivity contribution is 5.70. The third kappa shape index (κ3) is 1.66. The van der Waals surface area contributed by atoms with Crippen molar-refractivity contribution in [1.82, 2.24) is 9.78 Å². The lowest BCUT2D eigenvalue weighted by atomic mass is 10.1. The molecule has 1 heterocycles. The van der Waals surface area contributed by atoms with E-state index in [9.17, 15) is 0 Å². The summed E-state index contributed by atoms with van der Waals surface area (Å²) in [5, 5.41) is 3.17. The van der Waals surface area contributed by atoms with Crippen LogP contribution in [0.1, 0.15) is 31.7 Å². The third-order valence-corrected chi connectivity index (χ3v) is 2.03. The molecule has 0 aliphatic rings. The van der Waals surface area contributed by atoms with Crippen LogP contribution in [0.25, 0.3) is 17.8 Å². The van der Waals surface area contributed by atoms with E-state index in [1.54, 1.807) is 6.20 Å². The van der Waals surface area contributed by atoms with Gasteiger partial charge in [0.25, 0.3) is 0 Å². The summed E-state index contributed by atoms with van der Waals surface area (Å²) in [4.78, 5) is 0. The SMILES string of the molecule is C=Cc1c(/C(C)=C/CC)[nH]n1C=C. The molecule has 0 saturated heterocycles. The van der Waals surface area contributed by atoms with Crippen LogP contribution in [-0.4, -0.2) is 9.78 Å². The molecule has 0 fully saturated rings. The molecule has 1 aromatic heterocycles. The first-order valence-electron chi connectivity index (χ1n) is 4.46. The second-order valence-corrected chi connectivity index (χ2v) is 2.92. The van der Waals surface area contributed by atoms with E-state index >= 15 is 0 Å². The van der Waals surface area contributed by atoms with Crippen molar-refractivity contribution in [1.29, 1.82) is 0 Å². The second kappa shape index (κ2) is 3.99. The van der Waals surface area contributed by atoms with Crippen LogP contribution in [-0.2, 0) is 0 Å². The van der Waals surface area contributed by atoms with Crippen molar-refractivity contribution >= 4 is 17.8 Å². The van der Waals surface area contributed by atoms with Crippen LogP contribution in [0.3, 0.4) is 0 Å². The first-order valence-corrected chi connectivity index (χ1v) is 4.46. The van der Waals surface area contributed by atoms with Gasteiger partial charge in [-0.1, -0.05) is 26.2 Å². The van der Waals surface area contributed by atoms with Crippen LogP contribution in [0.15, 0.2) is 19.2 Å². The summed E-state index contributed by atoms with van der Waals surface area (Å²) < 4.78 is 1.86. The summed E-state index contributed by atoms with van der Waals surface area (Å²) in [6, 6.07) is 0. The van der Waals surface area contributed by atoms with Crippen molar-refractivity contribution < 1.29 is 0 Å². The number of hydrogen-bond donors (Lipinski definition) is 1. The van der Waals surface area contributed by atoms with E-state index in [2.05, 4.69) is 38.2 Å². The molecule has 0 radical (unpaired) electrons. The second-order valence-electron chi connectivity index (χ2n) is 2.92. The average molecular weight is 176 g/mol. The minimum Gasteiger partial charge on any atom is -0.292 e. The molecule has 1 aromatic rings. The highest BCUT2D eigenvalue weighted by atomic mass is 15.3. The quantitative estimate of drug-likeness (QED) is 0.726. The lowest BCUT2D eigenvalue weighted by Crippen LogP contribution is -2.12. The maximum atomic E-state index is 3.76. The Kier molecular flexibility index (Phi) is 2.96. The molecule has 0 amide bonds. The molecule has 0 atom stereocenters. The highest BCUT2D eigenvalue weighted by Gasteiger charge is 2.09. The number of nitrogens with zero attached hydrogens (tertiary/aromatic N) is 1. The predicted molar refractivity (Wildman–Crippen MR) is 59.2 cm³/mol. The van der Waals surface area contributed by atoms with Crippen LogP contribution in [0.2, 0.25) is 0 Å². The fourth-order valence-electron chi connectivity index (χ4n) is 1.35. The molecule has 0 aliphatic heterocycles. The molecule has 2 nitrogen and oxygen atoms in total. The van der Waals surface area contributed by atoms with Crippen molar-refractivity contribution in [3.8, 4) is 0 Å². The Morgan fingerprint density at radius 1 is 1.54 bits per heavy atom. The van der Waals surface area contributed by atoms with E-state index in [1.807, 2.05) is 10.8 Å². The van der Waals surface area contributed by atoms with E-state index in [0.29, 0.717) is 0 Å². The number of rotatable bonds is 4. The maximum Gasteiger partial charge on any atom is 0.0869 e. The predicted octanol–water partition coefficient (Wildman–Crippen LogP) is 3.37. The van der Waals surface area contributed by atoms with Gasteiger partial charge in [-0.15, -0.1) is 0 Å². The zero-order chi connectivity index (χ0) is 9.84. The molecular weight excluding hydrogens is 160 g/mol. The van der Waals surface area contributed by atoms with Crippen LogP contribution in [0, 0.1) is 0 Å². The molecule has 13 heavy (non-hydrogen) atoms. The number of hydrogen-bond acceptors (Lipinski definition) is 0. The van der Waals surface area contributed by atoms with E-state index < -0.39 is 0 Å². The number of aromatic amines is 1. The molecule has 0 aromatic carbocycles.